The van der Waals surface area contributed by atoms with E-state index in [-0.39, 0.29) is 6.03 Å². The second-order valence-electron chi connectivity index (χ2n) is 4.96. The van der Waals surface area contributed by atoms with Crippen molar-refractivity contribution in [3.8, 4) is 5.75 Å². The number of methoxy groups -OCH3 is 1. The Morgan fingerprint density at radius 1 is 1.33 bits per heavy atom. The summed E-state index contributed by atoms with van der Waals surface area (Å²) in [4.78, 5) is 24.1. The van der Waals surface area contributed by atoms with E-state index in [0.29, 0.717) is 19.5 Å². The van der Waals surface area contributed by atoms with E-state index in [1.165, 1.54) is 0 Å². The Morgan fingerprint density at radius 2 is 1.95 bits per heavy atom. The van der Waals surface area contributed by atoms with E-state index in [4.69, 9.17) is 9.84 Å². The van der Waals surface area contributed by atoms with Crippen molar-refractivity contribution in [3.05, 3.63) is 29.8 Å². The van der Waals surface area contributed by atoms with Crippen LogP contribution in [0.5, 0.6) is 5.75 Å². The molecule has 0 aliphatic carbocycles. The SMILES string of the molecule is COc1ccc(CN(C)C(=O)NCCC(C)C(=O)O)cc1. The van der Waals surface area contributed by atoms with Crippen molar-refractivity contribution < 1.29 is 19.4 Å². The number of carbonyl (C=O) groups is 2. The lowest BCUT2D eigenvalue weighted by molar-refractivity contribution is -0.141. The molecule has 6 heteroatoms. The quantitative estimate of drug-likeness (QED) is 0.805. The Bertz CT molecular complexity index is 473. The molecule has 0 bridgehead atoms. The molecule has 6 nitrogen and oxygen atoms in total. The second-order valence-corrected chi connectivity index (χ2v) is 4.96. The summed E-state index contributed by atoms with van der Waals surface area (Å²) in [6.07, 6.45) is 0.414. The molecule has 1 aromatic rings. The van der Waals surface area contributed by atoms with Gasteiger partial charge in [0.1, 0.15) is 5.75 Å². The van der Waals surface area contributed by atoms with Gasteiger partial charge in [-0.1, -0.05) is 19.1 Å². The third-order valence-corrected chi connectivity index (χ3v) is 3.20. The third-order valence-electron chi connectivity index (χ3n) is 3.20. The summed E-state index contributed by atoms with van der Waals surface area (Å²) in [5, 5.41) is 11.5. The molecule has 2 N–H and O–H groups in total. The maximum atomic E-state index is 11.9. The molecule has 0 aromatic heterocycles. The molecule has 0 radical (unpaired) electrons. The summed E-state index contributed by atoms with van der Waals surface area (Å²) < 4.78 is 5.08. The van der Waals surface area contributed by atoms with Crippen LogP contribution in [0.1, 0.15) is 18.9 Å². The van der Waals surface area contributed by atoms with Gasteiger partial charge in [0.15, 0.2) is 0 Å². The summed E-state index contributed by atoms with van der Waals surface area (Å²) in [7, 11) is 3.30. The van der Waals surface area contributed by atoms with E-state index in [2.05, 4.69) is 5.32 Å². The van der Waals surface area contributed by atoms with Crippen LogP contribution in [0.4, 0.5) is 4.79 Å². The molecule has 0 fully saturated rings. The molecule has 2 amide bonds. The van der Waals surface area contributed by atoms with Crippen molar-refractivity contribution >= 4 is 12.0 Å². The molecule has 0 saturated heterocycles. The zero-order valence-electron chi connectivity index (χ0n) is 12.6. The second kappa shape index (κ2) is 8.14. The fraction of sp³-hybridized carbons (Fsp3) is 0.467. The molecule has 0 saturated carbocycles. The van der Waals surface area contributed by atoms with Crippen LogP contribution in [0.25, 0.3) is 0 Å². The standard InChI is InChI=1S/C15H22N2O4/c1-11(14(18)19)8-9-16-15(20)17(2)10-12-4-6-13(21-3)7-5-12/h4-7,11H,8-10H2,1-3H3,(H,16,20)(H,18,19). The first-order chi connectivity index (χ1) is 9.93. The molecule has 21 heavy (non-hydrogen) atoms. The number of rotatable bonds is 7. The highest BCUT2D eigenvalue weighted by Crippen LogP contribution is 2.12. The van der Waals surface area contributed by atoms with Gasteiger partial charge in [0, 0.05) is 20.1 Å². The molecule has 0 aliphatic rings. The highest BCUT2D eigenvalue weighted by Gasteiger charge is 2.12. The van der Waals surface area contributed by atoms with E-state index in [0.717, 1.165) is 11.3 Å². The Kier molecular flexibility index (Phi) is 6.52. The number of ether oxygens (including phenoxy) is 1. The van der Waals surface area contributed by atoms with Crippen LogP contribution in [-0.4, -0.2) is 42.7 Å². The predicted molar refractivity (Wildman–Crippen MR) is 79.3 cm³/mol. The number of benzene rings is 1. The summed E-state index contributed by atoms with van der Waals surface area (Å²) in [6, 6.07) is 7.26. The highest BCUT2D eigenvalue weighted by atomic mass is 16.5. The monoisotopic (exact) mass is 294 g/mol. The molecule has 1 aromatic carbocycles. The lowest BCUT2D eigenvalue weighted by atomic mass is 10.1. The van der Waals surface area contributed by atoms with Gasteiger partial charge < -0.3 is 20.1 Å². The van der Waals surface area contributed by atoms with Gasteiger partial charge in [-0.05, 0) is 24.1 Å². The van der Waals surface area contributed by atoms with Gasteiger partial charge in [-0.3, -0.25) is 4.79 Å². The normalized spacial score (nSPS) is 11.6. The maximum absolute atomic E-state index is 11.9. The molecule has 0 spiro atoms. The Hall–Kier alpha value is -2.24. The minimum Gasteiger partial charge on any atom is -0.497 e. The minimum atomic E-state index is -0.851. The van der Waals surface area contributed by atoms with Crippen LogP contribution in [0.3, 0.4) is 0 Å². The number of nitrogens with one attached hydrogen (secondary N) is 1. The van der Waals surface area contributed by atoms with Crippen LogP contribution in [0.15, 0.2) is 24.3 Å². The number of carboxylic acid groups (broad SMARTS) is 1. The number of carboxylic acids is 1. The number of amides is 2. The number of aliphatic carboxylic acids is 1. The molecule has 116 valence electrons. The number of nitrogens with zero attached hydrogens (tertiary/aromatic N) is 1. The van der Waals surface area contributed by atoms with E-state index >= 15 is 0 Å². The van der Waals surface area contributed by atoms with Crippen molar-refractivity contribution in [2.45, 2.75) is 19.9 Å². The van der Waals surface area contributed by atoms with Gasteiger partial charge in [-0.2, -0.15) is 0 Å². The van der Waals surface area contributed by atoms with Crippen molar-refractivity contribution in [3.63, 3.8) is 0 Å². The van der Waals surface area contributed by atoms with Gasteiger partial charge in [-0.25, -0.2) is 4.79 Å². The molecule has 1 atom stereocenters. The van der Waals surface area contributed by atoms with E-state index in [1.807, 2.05) is 24.3 Å². The van der Waals surface area contributed by atoms with E-state index in [1.54, 1.807) is 26.0 Å². The number of carbonyl (C=O) groups excluding carboxylic acids is 1. The smallest absolute Gasteiger partial charge is 0.317 e. The van der Waals surface area contributed by atoms with Crippen molar-refractivity contribution in [2.24, 2.45) is 5.92 Å². The predicted octanol–water partition coefficient (Wildman–Crippen LogP) is 1.95. The van der Waals surface area contributed by atoms with E-state index in [9.17, 15) is 9.59 Å². The lowest BCUT2D eigenvalue weighted by Gasteiger charge is -2.18. The first kappa shape index (κ1) is 16.8. The van der Waals surface area contributed by atoms with Crippen LogP contribution < -0.4 is 10.1 Å². The van der Waals surface area contributed by atoms with Crippen LogP contribution in [0.2, 0.25) is 0 Å². The summed E-state index contributed by atoms with van der Waals surface area (Å²) in [6.45, 7) is 2.44. The summed E-state index contributed by atoms with van der Waals surface area (Å²) in [5.41, 5.74) is 0.993. The highest BCUT2D eigenvalue weighted by molar-refractivity contribution is 5.74. The Balaban J connectivity index is 2.38. The van der Waals surface area contributed by atoms with Gasteiger partial charge >= 0.3 is 12.0 Å². The number of urea groups is 1. The third kappa shape index (κ3) is 5.72. The van der Waals surface area contributed by atoms with Gasteiger partial charge in [0.25, 0.3) is 0 Å². The molecular formula is C15H22N2O4. The lowest BCUT2D eigenvalue weighted by Crippen LogP contribution is -2.37. The topological polar surface area (TPSA) is 78.9 Å². The molecule has 0 aliphatic heterocycles. The van der Waals surface area contributed by atoms with Crippen molar-refractivity contribution in [2.75, 3.05) is 20.7 Å². The van der Waals surface area contributed by atoms with Crippen LogP contribution in [-0.2, 0) is 11.3 Å². The maximum Gasteiger partial charge on any atom is 0.317 e. The van der Waals surface area contributed by atoms with Crippen LogP contribution in [0, 0.1) is 5.92 Å². The van der Waals surface area contributed by atoms with Gasteiger partial charge in [0.05, 0.1) is 13.0 Å². The average Bonchev–Trinajstić information content (AvgIpc) is 2.47. The minimum absolute atomic E-state index is 0.219. The molecule has 1 rings (SSSR count). The fourth-order valence-electron chi connectivity index (χ4n) is 1.73. The zero-order chi connectivity index (χ0) is 15.8. The van der Waals surface area contributed by atoms with E-state index < -0.39 is 11.9 Å². The first-order valence-corrected chi connectivity index (χ1v) is 6.78. The summed E-state index contributed by atoms with van der Waals surface area (Å²) in [5.74, 6) is -0.540. The Morgan fingerprint density at radius 3 is 2.48 bits per heavy atom. The van der Waals surface area contributed by atoms with Crippen molar-refractivity contribution in [1.82, 2.24) is 10.2 Å². The molecule has 0 heterocycles. The number of hydrogen-bond donors (Lipinski definition) is 2. The largest absolute Gasteiger partial charge is 0.497 e. The number of hydrogen-bond acceptors (Lipinski definition) is 3. The first-order valence-electron chi connectivity index (χ1n) is 6.78. The zero-order valence-corrected chi connectivity index (χ0v) is 12.6. The molecule has 1 unspecified atom stereocenters. The average molecular weight is 294 g/mol. The summed E-state index contributed by atoms with van der Waals surface area (Å²) >= 11 is 0. The van der Waals surface area contributed by atoms with Gasteiger partial charge in [0.2, 0.25) is 0 Å². The fourth-order valence-corrected chi connectivity index (χ4v) is 1.73. The Labute approximate surface area is 124 Å². The molecular weight excluding hydrogens is 272 g/mol. The van der Waals surface area contributed by atoms with Gasteiger partial charge in [-0.15, -0.1) is 0 Å². The van der Waals surface area contributed by atoms with Crippen LogP contribution >= 0.6 is 0 Å². The van der Waals surface area contributed by atoms with Crippen molar-refractivity contribution in [1.29, 1.82) is 0 Å².